The van der Waals surface area contributed by atoms with E-state index in [1.807, 2.05) is 12.6 Å². The minimum Gasteiger partial charge on any atom is -0.493 e. The fourth-order valence-corrected chi connectivity index (χ4v) is 1.99. The van der Waals surface area contributed by atoms with E-state index in [9.17, 15) is 0 Å². The first-order chi connectivity index (χ1) is 7.70. The van der Waals surface area contributed by atoms with E-state index in [1.54, 1.807) is 13.3 Å². The van der Waals surface area contributed by atoms with Gasteiger partial charge in [0.2, 0.25) is 0 Å². The maximum atomic E-state index is 5.89. The number of pyridine rings is 1. The Bertz CT molecular complexity index is 372. The van der Waals surface area contributed by atoms with Crippen LogP contribution in [0.2, 0.25) is 5.15 Å². The van der Waals surface area contributed by atoms with Gasteiger partial charge in [-0.2, -0.15) is 0 Å². The van der Waals surface area contributed by atoms with E-state index in [-0.39, 0.29) is 6.04 Å². The quantitative estimate of drug-likeness (QED) is 0.802. The molecule has 1 aliphatic rings. The van der Waals surface area contributed by atoms with E-state index >= 15 is 0 Å². The number of nitrogens with two attached hydrogens (primary N) is 1. The molecule has 0 aliphatic carbocycles. The van der Waals surface area contributed by atoms with Gasteiger partial charge in [0.05, 0.1) is 25.5 Å². The summed E-state index contributed by atoms with van der Waals surface area (Å²) in [6.45, 7) is 2.98. The number of piperidine rings is 1. The molecule has 2 N–H and O–H groups in total. The number of halogens is 1. The molecule has 1 fully saturated rings. The highest BCUT2D eigenvalue weighted by atomic mass is 35.5. The molecule has 0 saturated carbocycles. The van der Waals surface area contributed by atoms with Crippen molar-refractivity contribution in [2.45, 2.75) is 18.9 Å². The molecule has 1 aliphatic heterocycles. The normalized spacial score (nSPS) is 20.9. The summed E-state index contributed by atoms with van der Waals surface area (Å²) in [5, 5.41) is 0.382. The third-order valence-electron chi connectivity index (χ3n) is 2.65. The molecule has 0 bridgehead atoms. The molecule has 1 atom stereocenters. The van der Waals surface area contributed by atoms with E-state index in [4.69, 9.17) is 22.1 Å². The molecule has 0 spiro atoms. The fourth-order valence-electron chi connectivity index (χ4n) is 1.81. The van der Waals surface area contributed by atoms with Gasteiger partial charge in [-0.3, -0.25) is 0 Å². The lowest BCUT2D eigenvalue weighted by molar-refractivity contribution is 0.413. The van der Waals surface area contributed by atoms with Gasteiger partial charge in [-0.1, -0.05) is 11.6 Å². The van der Waals surface area contributed by atoms with Crippen LogP contribution in [0.3, 0.4) is 0 Å². The maximum Gasteiger partial charge on any atom is 0.171 e. The highest BCUT2D eigenvalue weighted by molar-refractivity contribution is 6.30. The zero-order valence-electron chi connectivity index (χ0n) is 9.19. The van der Waals surface area contributed by atoms with Crippen molar-refractivity contribution in [3.05, 3.63) is 24.0 Å². The van der Waals surface area contributed by atoms with Crippen molar-refractivity contribution in [2.75, 3.05) is 18.6 Å². The first-order valence-electron chi connectivity index (χ1n) is 5.27. The number of aromatic nitrogens is 1. The number of anilines is 1. The Balaban J connectivity index is 2.19. The Labute approximate surface area is 100 Å². The number of hydrogen-bond acceptors (Lipinski definition) is 4. The summed E-state index contributed by atoms with van der Waals surface area (Å²) in [6, 6.07) is 2.00. The summed E-state index contributed by atoms with van der Waals surface area (Å²) >= 11 is 5.87. The average molecular weight is 241 g/mol. The third kappa shape index (κ3) is 2.39. The fraction of sp³-hybridized carbons (Fsp3) is 0.455. The smallest absolute Gasteiger partial charge is 0.171 e. The predicted octanol–water partition coefficient (Wildman–Crippen LogP) is 1.83. The minimum absolute atomic E-state index is 0.121. The Morgan fingerprint density at radius 1 is 1.62 bits per heavy atom. The topological polar surface area (TPSA) is 51.4 Å². The molecule has 1 aromatic rings. The van der Waals surface area contributed by atoms with E-state index in [2.05, 4.69) is 9.88 Å². The second kappa shape index (κ2) is 4.89. The molecule has 1 aromatic heterocycles. The summed E-state index contributed by atoms with van der Waals surface area (Å²) in [4.78, 5) is 6.19. The van der Waals surface area contributed by atoms with Crippen LogP contribution in [0, 0.1) is 6.54 Å². The lowest BCUT2D eigenvalue weighted by Gasteiger charge is -2.31. The third-order valence-corrected chi connectivity index (χ3v) is 2.94. The summed E-state index contributed by atoms with van der Waals surface area (Å²) < 4.78 is 5.14. The van der Waals surface area contributed by atoms with Crippen LogP contribution in [0.5, 0.6) is 5.75 Å². The van der Waals surface area contributed by atoms with Crippen molar-refractivity contribution in [3.8, 4) is 5.75 Å². The van der Waals surface area contributed by atoms with Crippen molar-refractivity contribution >= 4 is 17.3 Å². The Kier molecular flexibility index (Phi) is 3.51. The molecule has 87 valence electrons. The average Bonchev–Trinajstić information content (AvgIpc) is 2.29. The second-order valence-electron chi connectivity index (χ2n) is 3.84. The van der Waals surface area contributed by atoms with Crippen LogP contribution in [-0.4, -0.2) is 24.7 Å². The van der Waals surface area contributed by atoms with Crippen LogP contribution < -0.4 is 15.4 Å². The standard InChI is InChI=1S/C11H15ClN3O/c1-16-10-5-9(6-14-11(10)12)15-4-2-3-8(13)7-15/h5-8H,2-4,13H2,1H3/t8-/m0/s1. The Hall–Kier alpha value is -1.00. The molecule has 0 unspecified atom stereocenters. The van der Waals surface area contributed by atoms with Crippen LogP contribution in [0.15, 0.2) is 12.3 Å². The van der Waals surface area contributed by atoms with Crippen molar-refractivity contribution in [2.24, 2.45) is 5.73 Å². The molecule has 2 heterocycles. The van der Waals surface area contributed by atoms with Crippen LogP contribution in [0.1, 0.15) is 12.8 Å². The molecule has 0 aromatic carbocycles. The van der Waals surface area contributed by atoms with Crippen molar-refractivity contribution in [1.82, 2.24) is 4.98 Å². The summed E-state index contributed by atoms with van der Waals surface area (Å²) in [6.07, 6.45) is 3.86. The lowest BCUT2D eigenvalue weighted by atomic mass is 10.1. The van der Waals surface area contributed by atoms with Crippen molar-refractivity contribution in [1.29, 1.82) is 0 Å². The van der Waals surface area contributed by atoms with Gasteiger partial charge < -0.3 is 15.4 Å². The van der Waals surface area contributed by atoms with Crippen LogP contribution >= 0.6 is 11.6 Å². The molecule has 0 amide bonds. The highest BCUT2D eigenvalue weighted by Gasteiger charge is 2.18. The van der Waals surface area contributed by atoms with Crippen molar-refractivity contribution in [3.63, 3.8) is 0 Å². The first kappa shape index (κ1) is 11.5. The molecule has 5 heteroatoms. The van der Waals surface area contributed by atoms with Gasteiger partial charge in [0.15, 0.2) is 10.9 Å². The van der Waals surface area contributed by atoms with E-state index < -0.39 is 0 Å². The van der Waals surface area contributed by atoms with Gasteiger partial charge in [0.25, 0.3) is 0 Å². The second-order valence-corrected chi connectivity index (χ2v) is 4.19. The van der Waals surface area contributed by atoms with Gasteiger partial charge >= 0.3 is 0 Å². The summed E-state index contributed by atoms with van der Waals surface area (Å²) in [5.74, 6) is 0.590. The van der Waals surface area contributed by atoms with Crippen molar-refractivity contribution < 1.29 is 4.74 Å². The summed E-state index contributed by atoms with van der Waals surface area (Å²) in [5.41, 5.74) is 6.86. The molecule has 4 nitrogen and oxygen atoms in total. The number of methoxy groups -OCH3 is 1. The van der Waals surface area contributed by atoms with Gasteiger partial charge in [-0.25, -0.2) is 4.98 Å². The lowest BCUT2D eigenvalue weighted by Crippen LogP contribution is -2.38. The zero-order chi connectivity index (χ0) is 11.5. The molecular formula is C11H15ClN3O. The van der Waals surface area contributed by atoms with E-state index in [0.717, 1.165) is 25.1 Å². The molecule has 2 rings (SSSR count). The zero-order valence-corrected chi connectivity index (χ0v) is 9.94. The van der Waals surface area contributed by atoms with Gasteiger partial charge in [-0.05, 0) is 12.8 Å². The van der Waals surface area contributed by atoms with Crippen LogP contribution in [-0.2, 0) is 0 Å². The van der Waals surface area contributed by atoms with E-state index in [0.29, 0.717) is 10.9 Å². The number of nitrogens with zero attached hydrogens (tertiary/aromatic N) is 2. The molecule has 1 radical (unpaired) electrons. The number of hydrogen-bond donors (Lipinski definition) is 1. The number of ether oxygens (including phenoxy) is 1. The first-order valence-corrected chi connectivity index (χ1v) is 5.65. The van der Waals surface area contributed by atoms with Gasteiger partial charge in [-0.15, -0.1) is 0 Å². The Morgan fingerprint density at radius 2 is 2.44 bits per heavy atom. The molecular weight excluding hydrogens is 226 g/mol. The SMILES string of the molecule is COc1cc(N2[CH][C@@H](N)CCC2)cnc1Cl. The maximum absolute atomic E-state index is 5.89. The monoisotopic (exact) mass is 240 g/mol. The van der Waals surface area contributed by atoms with Crippen LogP contribution in [0.25, 0.3) is 0 Å². The number of rotatable bonds is 2. The summed E-state index contributed by atoms with van der Waals surface area (Å²) in [7, 11) is 1.58. The predicted molar refractivity (Wildman–Crippen MR) is 64.7 cm³/mol. The highest BCUT2D eigenvalue weighted by Crippen LogP contribution is 2.29. The molecule has 1 saturated heterocycles. The Morgan fingerprint density at radius 3 is 3.12 bits per heavy atom. The largest absolute Gasteiger partial charge is 0.493 e. The van der Waals surface area contributed by atoms with Gasteiger partial charge in [0.1, 0.15) is 0 Å². The van der Waals surface area contributed by atoms with E-state index in [1.165, 1.54) is 0 Å². The van der Waals surface area contributed by atoms with Crippen LogP contribution in [0.4, 0.5) is 5.69 Å². The van der Waals surface area contributed by atoms with Gasteiger partial charge in [0, 0.05) is 18.7 Å². The minimum atomic E-state index is 0.121. The molecule has 16 heavy (non-hydrogen) atoms.